The summed E-state index contributed by atoms with van der Waals surface area (Å²) in [6.07, 6.45) is 1.38. The number of likely N-dealkylation sites (tertiary alicyclic amines) is 1. The molecule has 1 heterocycles. The van der Waals surface area contributed by atoms with Crippen LogP contribution in [0.15, 0.2) is 4.99 Å². The number of aliphatic imine (C=N–C) groups is 1. The summed E-state index contributed by atoms with van der Waals surface area (Å²) in [6, 6.07) is -2.42. The number of nitrogens with zero attached hydrogens (tertiary/aromatic N) is 4. The predicted molar refractivity (Wildman–Crippen MR) is 129 cm³/mol. The van der Waals surface area contributed by atoms with Crippen molar-refractivity contribution in [2.45, 2.75) is 78.9 Å². The van der Waals surface area contributed by atoms with Gasteiger partial charge in [-0.3, -0.25) is 9.79 Å². The second kappa shape index (κ2) is 15.0. The molecule has 0 aromatic heterocycles. The van der Waals surface area contributed by atoms with Gasteiger partial charge in [-0.2, -0.15) is 0 Å². The first-order chi connectivity index (χ1) is 15.8. The van der Waals surface area contributed by atoms with E-state index < -0.39 is 36.0 Å². The van der Waals surface area contributed by atoms with Crippen molar-refractivity contribution in [1.82, 2.24) is 14.7 Å². The number of carbonyl (C=O) groups is 4. The first-order valence-electron chi connectivity index (χ1n) is 11.6. The Kier molecular flexibility index (Phi) is 13.6. The number of carboxylic acids is 1. The van der Waals surface area contributed by atoms with Crippen LogP contribution in [0.4, 0.5) is 9.59 Å². The van der Waals surface area contributed by atoms with E-state index >= 15 is 0 Å². The molecule has 0 spiro atoms. The van der Waals surface area contributed by atoms with Crippen LogP contribution in [0.5, 0.6) is 0 Å². The highest BCUT2D eigenvalue weighted by atomic mass is 16.5. The average molecular weight is 487 g/mol. The summed E-state index contributed by atoms with van der Waals surface area (Å²) in [7, 11) is 1.27. The van der Waals surface area contributed by atoms with E-state index in [0.717, 1.165) is 4.90 Å². The minimum absolute atomic E-state index is 0.0819. The van der Waals surface area contributed by atoms with Gasteiger partial charge in [-0.1, -0.05) is 20.3 Å². The highest BCUT2D eigenvalue weighted by Gasteiger charge is 2.55. The van der Waals surface area contributed by atoms with Crippen LogP contribution in [0.2, 0.25) is 0 Å². The summed E-state index contributed by atoms with van der Waals surface area (Å²) >= 11 is 0. The molecule has 2 atom stereocenters. The summed E-state index contributed by atoms with van der Waals surface area (Å²) in [5.74, 6) is -2.68. The molecule has 0 radical (unpaired) electrons. The van der Waals surface area contributed by atoms with Crippen LogP contribution in [0.25, 0.3) is 0 Å². The number of guanidine groups is 1. The summed E-state index contributed by atoms with van der Waals surface area (Å²) in [6.45, 7) is 11.9. The van der Waals surface area contributed by atoms with Gasteiger partial charge in [0.25, 0.3) is 0 Å². The molecule has 0 aromatic carbocycles. The van der Waals surface area contributed by atoms with Crippen LogP contribution in [-0.4, -0.2) is 94.6 Å². The molecule has 34 heavy (non-hydrogen) atoms. The molecular weight excluding hydrogens is 444 g/mol. The molecule has 1 aliphatic heterocycles. The molecule has 12 heteroatoms. The number of imide groups is 1. The Morgan fingerprint density at radius 3 is 2.00 bits per heavy atom. The van der Waals surface area contributed by atoms with Crippen LogP contribution < -0.4 is 11.5 Å². The minimum Gasteiger partial charge on any atom is -0.480 e. The lowest BCUT2D eigenvalue weighted by atomic mass is 9.83. The second-order valence-corrected chi connectivity index (χ2v) is 8.58. The summed E-state index contributed by atoms with van der Waals surface area (Å²) in [4.78, 5) is 56.8. The number of amides is 4. The Hall–Kier alpha value is -3.05. The Bertz CT molecular complexity index is 723. The molecule has 1 rings (SSSR count). The zero-order valence-corrected chi connectivity index (χ0v) is 21.5. The van der Waals surface area contributed by atoms with Crippen molar-refractivity contribution in [3.05, 3.63) is 0 Å². The van der Waals surface area contributed by atoms with Gasteiger partial charge in [-0.15, -0.1) is 0 Å². The largest absolute Gasteiger partial charge is 0.480 e. The van der Waals surface area contributed by atoms with E-state index in [-0.39, 0.29) is 44.1 Å². The van der Waals surface area contributed by atoms with Crippen molar-refractivity contribution in [2.24, 2.45) is 22.4 Å². The molecule has 1 fully saturated rings. The highest BCUT2D eigenvalue weighted by Crippen LogP contribution is 2.32. The van der Waals surface area contributed by atoms with E-state index in [4.69, 9.17) is 16.2 Å². The lowest BCUT2D eigenvalue weighted by Gasteiger charge is -2.46. The topological polar surface area (TPSA) is 172 Å². The molecule has 4 amide bonds. The number of carbonyl (C=O) groups excluding carboxylic acids is 3. The molecule has 0 aliphatic carbocycles. The molecule has 1 aliphatic rings. The number of methoxy groups -OCH3 is 1. The maximum atomic E-state index is 13.1. The average Bonchev–Trinajstić information content (AvgIpc) is 2.73. The monoisotopic (exact) mass is 486 g/mol. The number of rotatable bonds is 10. The number of urea groups is 1. The third-order valence-corrected chi connectivity index (χ3v) is 5.12. The first-order valence-corrected chi connectivity index (χ1v) is 11.6. The molecule has 1 saturated heterocycles. The first kappa shape index (κ1) is 30.9. The van der Waals surface area contributed by atoms with E-state index in [2.05, 4.69) is 18.8 Å². The van der Waals surface area contributed by atoms with Crippen molar-refractivity contribution >= 4 is 30.0 Å². The summed E-state index contributed by atoms with van der Waals surface area (Å²) < 4.78 is 4.76. The molecule has 0 saturated carbocycles. The van der Waals surface area contributed by atoms with Gasteiger partial charge in [0.15, 0.2) is 12.0 Å². The van der Waals surface area contributed by atoms with E-state index in [1.165, 1.54) is 23.3 Å². The quantitative estimate of drug-likeness (QED) is 0.181. The number of β-lactam (4-membered cyclic amide) rings is 1. The Morgan fingerprint density at radius 2 is 1.59 bits per heavy atom. The number of aliphatic carboxylic acids is 1. The zero-order chi connectivity index (χ0) is 26.6. The normalized spacial score (nSPS) is 16.9. The van der Waals surface area contributed by atoms with Crippen LogP contribution in [-0.2, 0) is 14.3 Å². The van der Waals surface area contributed by atoms with E-state index in [0.29, 0.717) is 6.42 Å². The van der Waals surface area contributed by atoms with Crippen molar-refractivity contribution in [1.29, 1.82) is 0 Å². The van der Waals surface area contributed by atoms with Crippen molar-refractivity contribution in [3.8, 4) is 0 Å². The van der Waals surface area contributed by atoms with Crippen molar-refractivity contribution in [3.63, 3.8) is 0 Å². The van der Waals surface area contributed by atoms with Crippen LogP contribution in [0.3, 0.4) is 0 Å². The maximum absolute atomic E-state index is 13.1. The van der Waals surface area contributed by atoms with Gasteiger partial charge >= 0.3 is 18.1 Å². The van der Waals surface area contributed by atoms with E-state index in [1.54, 1.807) is 13.8 Å². The van der Waals surface area contributed by atoms with Gasteiger partial charge in [-0.25, -0.2) is 19.3 Å². The van der Waals surface area contributed by atoms with Gasteiger partial charge in [0.1, 0.15) is 0 Å². The molecular formula is C22H42N6O6. The lowest BCUT2D eigenvalue weighted by Crippen LogP contribution is -2.69. The van der Waals surface area contributed by atoms with Gasteiger partial charge in [0.2, 0.25) is 5.91 Å². The van der Waals surface area contributed by atoms with Gasteiger partial charge in [0.05, 0.1) is 13.0 Å². The molecule has 1 unspecified atom stereocenters. The fourth-order valence-corrected chi connectivity index (χ4v) is 3.45. The van der Waals surface area contributed by atoms with Gasteiger partial charge in [-0.05, 0) is 40.5 Å². The Morgan fingerprint density at radius 1 is 1.09 bits per heavy atom. The number of hydrogen-bond acceptors (Lipinski definition) is 6. The number of hydrogen-bond donors (Lipinski definition) is 3. The third-order valence-electron chi connectivity index (χ3n) is 5.12. The minimum atomic E-state index is -1.25. The Balaban J connectivity index is 0.00000343. The summed E-state index contributed by atoms with van der Waals surface area (Å²) in [5, 5.41) is 9.60. The summed E-state index contributed by atoms with van der Waals surface area (Å²) in [5.41, 5.74) is 10.5. The number of carboxylic acid groups (broad SMARTS) is 1. The molecule has 0 aromatic rings. The number of ether oxygens (including phenoxy) is 1. The fraction of sp³-hybridized carbons (Fsp3) is 0.773. The van der Waals surface area contributed by atoms with Crippen molar-refractivity contribution in [2.75, 3.05) is 26.7 Å². The Labute approximate surface area is 202 Å². The molecule has 12 nitrogen and oxygen atoms in total. The van der Waals surface area contributed by atoms with Crippen LogP contribution in [0, 0.1) is 5.92 Å². The molecule has 196 valence electrons. The van der Waals surface area contributed by atoms with Crippen LogP contribution in [0.1, 0.15) is 60.8 Å². The van der Waals surface area contributed by atoms with Crippen molar-refractivity contribution < 1.29 is 29.0 Å². The van der Waals surface area contributed by atoms with E-state index in [1.807, 2.05) is 13.8 Å². The molecule has 5 N–H and O–H groups in total. The SMILES string of the molecule is CCC.COC(=O)N(CCN(C(=O)N1C(=O)[C@H](CCCN=C(N)N)C1C(=O)O)C(C)C)C(C)C. The third kappa shape index (κ3) is 8.71. The standard InChI is InChI=1S/C19H34N6O6.C3H8/c1-11(2)23(9-10-24(12(3)4)19(30)31-5)18(29)25-14(16(27)28)13(15(25)26)7-6-8-22-17(20)21;1-3-2/h11-14H,6-10H2,1-5H3,(H,27,28)(H4,20,21,22);3H2,1-2H3/t13-,14?;/m1./s1. The zero-order valence-electron chi connectivity index (χ0n) is 21.5. The highest BCUT2D eigenvalue weighted by molar-refractivity contribution is 6.07. The fourth-order valence-electron chi connectivity index (χ4n) is 3.45. The van der Waals surface area contributed by atoms with Gasteiger partial charge in [0, 0.05) is 31.7 Å². The predicted octanol–water partition coefficient (Wildman–Crippen LogP) is 1.68. The molecule has 0 bridgehead atoms. The maximum Gasteiger partial charge on any atom is 0.409 e. The smallest absolute Gasteiger partial charge is 0.409 e. The second-order valence-electron chi connectivity index (χ2n) is 8.58. The van der Waals surface area contributed by atoms with Crippen LogP contribution >= 0.6 is 0 Å². The van der Waals surface area contributed by atoms with Gasteiger partial charge < -0.3 is 31.1 Å². The number of nitrogens with two attached hydrogens (primary N) is 2. The van der Waals surface area contributed by atoms with E-state index in [9.17, 15) is 24.3 Å². The lowest BCUT2D eigenvalue weighted by molar-refractivity contribution is -0.167.